The molecule has 0 saturated carbocycles. The number of aromatic carboxylic acids is 1. The summed E-state index contributed by atoms with van der Waals surface area (Å²) >= 11 is 11.8. The maximum atomic E-state index is 12.7. The molecule has 4 rings (SSSR count). The van der Waals surface area contributed by atoms with Crippen LogP contribution >= 0.6 is 23.2 Å². The molecular formula is C21H12Cl2N2O5. The van der Waals surface area contributed by atoms with Crippen molar-refractivity contribution in [2.75, 3.05) is 4.90 Å². The van der Waals surface area contributed by atoms with Gasteiger partial charge in [-0.05, 0) is 48.5 Å². The lowest BCUT2D eigenvalue weighted by Crippen LogP contribution is -2.30. The number of amides is 3. The highest BCUT2D eigenvalue weighted by Crippen LogP contribution is 2.29. The van der Waals surface area contributed by atoms with Crippen molar-refractivity contribution in [2.45, 2.75) is 0 Å². The van der Waals surface area contributed by atoms with E-state index in [9.17, 15) is 19.5 Å². The Labute approximate surface area is 180 Å². The van der Waals surface area contributed by atoms with E-state index in [1.807, 2.05) is 0 Å². The summed E-state index contributed by atoms with van der Waals surface area (Å²) in [5.74, 6) is -1.03. The van der Waals surface area contributed by atoms with Crippen molar-refractivity contribution in [3.05, 3.63) is 81.7 Å². The molecule has 1 aliphatic rings. The lowest BCUT2D eigenvalue weighted by molar-refractivity contribution is -0.113. The van der Waals surface area contributed by atoms with Crippen molar-refractivity contribution in [1.29, 1.82) is 0 Å². The lowest BCUT2D eigenvalue weighted by atomic mass is 10.1. The second-order valence-electron chi connectivity index (χ2n) is 6.31. The normalized spacial score (nSPS) is 15.0. The van der Waals surface area contributed by atoms with Gasteiger partial charge in [0.15, 0.2) is 0 Å². The Morgan fingerprint density at radius 1 is 1.07 bits per heavy atom. The van der Waals surface area contributed by atoms with Crippen molar-refractivity contribution in [2.24, 2.45) is 0 Å². The number of carboxylic acids is 1. The molecular weight excluding hydrogens is 431 g/mol. The average molecular weight is 443 g/mol. The molecule has 30 heavy (non-hydrogen) atoms. The number of hydrogen-bond donors (Lipinski definition) is 2. The second kappa shape index (κ2) is 7.70. The zero-order valence-corrected chi connectivity index (χ0v) is 16.6. The fraction of sp³-hybridized carbons (Fsp3) is 0. The van der Waals surface area contributed by atoms with E-state index in [2.05, 4.69) is 5.32 Å². The fourth-order valence-electron chi connectivity index (χ4n) is 2.96. The minimum Gasteiger partial charge on any atom is -0.478 e. The second-order valence-corrected chi connectivity index (χ2v) is 7.15. The van der Waals surface area contributed by atoms with Crippen LogP contribution in [0.15, 0.2) is 64.7 Å². The smallest absolute Gasteiger partial charge is 0.337 e. The molecule has 0 atom stereocenters. The van der Waals surface area contributed by atoms with Gasteiger partial charge in [-0.25, -0.2) is 14.5 Å². The topological polar surface area (TPSA) is 99.9 Å². The molecule has 2 aromatic carbocycles. The molecule has 2 heterocycles. The third-order valence-electron chi connectivity index (χ3n) is 4.34. The van der Waals surface area contributed by atoms with E-state index in [1.54, 1.807) is 36.4 Å². The summed E-state index contributed by atoms with van der Waals surface area (Å²) in [7, 11) is 0. The van der Waals surface area contributed by atoms with Crippen LogP contribution < -0.4 is 10.2 Å². The van der Waals surface area contributed by atoms with Gasteiger partial charge in [0, 0.05) is 16.7 Å². The number of urea groups is 1. The first kappa shape index (κ1) is 19.8. The summed E-state index contributed by atoms with van der Waals surface area (Å²) in [5, 5.41) is 12.2. The highest BCUT2D eigenvalue weighted by molar-refractivity contribution is 6.33. The predicted octanol–water partition coefficient (Wildman–Crippen LogP) is 5.05. The van der Waals surface area contributed by atoms with Crippen LogP contribution in [0.3, 0.4) is 0 Å². The van der Waals surface area contributed by atoms with Gasteiger partial charge < -0.3 is 14.8 Å². The van der Waals surface area contributed by atoms with E-state index in [0.29, 0.717) is 27.8 Å². The zero-order valence-electron chi connectivity index (χ0n) is 15.1. The number of benzene rings is 2. The number of carbonyl (C=O) groups is 3. The minimum atomic E-state index is -1.16. The Balaban J connectivity index is 1.62. The predicted molar refractivity (Wildman–Crippen MR) is 112 cm³/mol. The monoisotopic (exact) mass is 442 g/mol. The van der Waals surface area contributed by atoms with Crippen LogP contribution in [-0.4, -0.2) is 23.0 Å². The van der Waals surface area contributed by atoms with Gasteiger partial charge in [0.1, 0.15) is 17.2 Å². The molecule has 3 amide bonds. The summed E-state index contributed by atoms with van der Waals surface area (Å²) in [6, 6.07) is 13.5. The lowest BCUT2D eigenvalue weighted by Gasteiger charge is -2.11. The van der Waals surface area contributed by atoms with E-state index in [-0.39, 0.29) is 16.3 Å². The van der Waals surface area contributed by atoms with Crippen LogP contribution in [0.1, 0.15) is 16.1 Å². The van der Waals surface area contributed by atoms with Gasteiger partial charge in [0.2, 0.25) is 0 Å². The Morgan fingerprint density at radius 2 is 1.87 bits per heavy atom. The Kier molecular flexibility index (Phi) is 5.07. The molecule has 0 radical (unpaired) electrons. The zero-order chi connectivity index (χ0) is 21.4. The van der Waals surface area contributed by atoms with Crippen LogP contribution in [0.5, 0.6) is 0 Å². The number of hydrogen-bond acceptors (Lipinski definition) is 4. The molecule has 0 bridgehead atoms. The highest BCUT2D eigenvalue weighted by atomic mass is 35.5. The van der Waals surface area contributed by atoms with Gasteiger partial charge in [0.05, 0.1) is 16.3 Å². The number of nitrogens with one attached hydrogen (secondary N) is 1. The van der Waals surface area contributed by atoms with E-state index < -0.39 is 17.9 Å². The summed E-state index contributed by atoms with van der Waals surface area (Å²) in [6.07, 6.45) is 1.39. The molecule has 3 aromatic rings. The Morgan fingerprint density at radius 3 is 2.60 bits per heavy atom. The van der Waals surface area contributed by atoms with Gasteiger partial charge in [-0.15, -0.1) is 0 Å². The molecule has 150 valence electrons. The first-order chi connectivity index (χ1) is 14.3. The molecule has 2 N–H and O–H groups in total. The highest BCUT2D eigenvalue weighted by Gasteiger charge is 2.35. The third kappa shape index (κ3) is 3.68. The van der Waals surface area contributed by atoms with Crippen molar-refractivity contribution in [3.63, 3.8) is 0 Å². The molecule has 0 spiro atoms. The number of carboxylic acid groups (broad SMARTS) is 1. The number of anilines is 1. The quantitative estimate of drug-likeness (QED) is 0.434. The first-order valence-corrected chi connectivity index (χ1v) is 9.35. The fourth-order valence-corrected chi connectivity index (χ4v) is 3.34. The Hall–Kier alpha value is -3.55. The molecule has 7 nitrogen and oxygen atoms in total. The van der Waals surface area contributed by atoms with Gasteiger partial charge in [-0.2, -0.15) is 0 Å². The van der Waals surface area contributed by atoms with E-state index in [0.717, 1.165) is 4.90 Å². The molecule has 1 fully saturated rings. The molecule has 9 heteroatoms. The van der Waals surface area contributed by atoms with E-state index >= 15 is 0 Å². The number of halogens is 2. The number of furan rings is 1. The van der Waals surface area contributed by atoms with Gasteiger partial charge in [-0.1, -0.05) is 29.3 Å². The molecule has 1 aromatic heterocycles. The van der Waals surface area contributed by atoms with Crippen molar-refractivity contribution in [1.82, 2.24) is 5.32 Å². The number of imide groups is 1. The van der Waals surface area contributed by atoms with Crippen molar-refractivity contribution >= 4 is 52.9 Å². The van der Waals surface area contributed by atoms with Gasteiger partial charge in [0.25, 0.3) is 5.91 Å². The molecule has 0 unspecified atom stereocenters. The average Bonchev–Trinajstić information content (AvgIpc) is 3.26. The van der Waals surface area contributed by atoms with Gasteiger partial charge >= 0.3 is 12.0 Å². The standard InChI is InChI=1S/C21H12Cl2N2O5/c22-12-2-1-3-13(9-12)25-19(26)17(24-21(25)29)10-14-5-7-18(30-14)11-4-6-16(23)15(8-11)20(27)28/h1-10H,(H,24,29)(H,27,28)/b17-10-. The van der Waals surface area contributed by atoms with Crippen LogP contribution in [0.4, 0.5) is 10.5 Å². The SMILES string of the molecule is O=C(O)c1cc(-c2ccc(/C=C3\NC(=O)N(c4cccc(Cl)c4)C3=O)o2)ccc1Cl. The maximum Gasteiger partial charge on any atom is 0.337 e. The van der Waals surface area contributed by atoms with Crippen LogP contribution in [-0.2, 0) is 4.79 Å². The van der Waals surface area contributed by atoms with Crippen LogP contribution in [0.25, 0.3) is 17.4 Å². The van der Waals surface area contributed by atoms with Crippen molar-refractivity contribution in [3.8, 4) is 11.3 Å². The minimum absolute atomic E-state index is 0.0307. The van der Waals surface area contributed by atoms with Crippen LogP contribution in [0.2, 0.25) is 10.0 Å². The first-order valence-electron chi connectivity index (χ1n) is 8.59. The summed E-state index contributed by atoms with van der Waals surface area (Å²) in [4.78, 5) is 37.2. The summed E-state index contributed by atoms with van der Waals surface area (Å²) in [5.41, 5.74) is 0.823. The molecule has 1 saturated heterocycles. The maximum absolute atomic E-state index is 12.7. The largest absolute Gasteiger partial charge is 0.478 e. The Bertz CT molecular complexity index is 1230. The van der Waals surface area contributed by atoms with Crippen LogP contribution in [0, 0.1) is 0 Å². The van der Waals surface area contributed by atoms with E-state index in [4.69, 9.17) is 27.6 Å². The third-order valence-corrected chi connectivity index (χ3v) is 4.90. The molecule has 1 aliphatic heterocycles. The summed E-state index contributed by atoms with van der Waals surface area (Å²) < 4.78 is 5.69. The molecule has 0 aliphatic carbocycles. The summed E-state index contributed by atoms with van der Waals surface area (Å²) in [6.45, 7) is 0. The number of carbonyl (C=O) groups excluding carboxylic acids is 2. The van der Waals surface area contributed by atoms with Crippen molar-refractivity contribution < 1.29 is 23.9 Å². The number of rotatable bonds is 4. The van der Waals surface area contributed by atoms with Gasteiger partial charge in [-0.3, -0.25) is 4.79 Å². The number of nitrogens with zero attached hydrogens (tertiary/aromatic N) is 1. The van der Waals surface area contributed by atoms with E-state index in [1.165, 1.54) is 24.3 Å².